The van der Waals surface area contributed by atoms with Gasteiger partial charge in [0, 0.05) is 0 Å². The van der Waals surface area contributed by atoms with E-state index in [0.29, 0.717) is 0 Å². The zero-order valence-electron chi connectivity index (χ0n) is 13.2. The number of nitrogens with zero attached hydrogens (tertiary/aromatic N) is 1. The van der Waals surface area contributed by atoms with Crippen LogP contribution < -0.4 is 0 Å². The second-order valence-corrected chi connectivity index (χ2v) is 6.55. The minimum atomic E-state index is -0.592. The van der Waals surface area contributed by atoms with Crippen LogP contribution in [0.4, 0.5) is 4.79 Å². The molecule has 2 aliphatic heterocycles. The lowest BCUT2D eigenvalue weighted by Gasteiger charge is -2.28. The summed E-state index contributed by atoms with van der Waals surface area (Å²) in [7, 11) is 0. The molecule has 2 aliphatic rings. The molecule has 4 heteroatoms. The molecule has 1 amide bonds. The number of ether oxygens (including phenoxy) is 2. The van der Waals surface area contributed by atoms with Crippen LogP contribution in [-0.4, -0.2) is 22.8 Å². The molecule has 0 spiro atoms. The first-order valence-corrected chi connectivity index (χ1v) is 7.84. The van der Waals surface area contributed by atoms with E-state index in [1.54, 1.807) is 4.90 Å². The molecule has 0 bridgehead atoms. The molecule has 0 unspecified atom stereocenters. The Morgan fingerprint density at radius 1 is 0.913 bits per heavy atom. The van der Waals surface area contributed by atoms with Gasteiger partial charge < -0.3 is 9.47 Å². The summed E-state index contributed by atoms with van der Waals surface area (Å²) < 4.78 is 11.4. The van der Waals surface area contributed by atoms with Gasteiger partial charge in [0.05, 0.1) is 0 Å². The molecule has 23 heavy (non-hydrogen) atoms. The van der Waals surface area contributed by atoms with Gasteiger partial charge in [0.15, 0.2) is 6.23 Å². The Morgan fingerprint density at radius 3 is 2.09 bits per heavy atom. The Hall–Kier alpha value is -2.33. The van der Waals surface area contributed by atoms with Crippen molar-refractivity contribution < 1.29 is 14.3 Å². The molecule has 2 aromatic carbocycles. The minimum absolute atomic E-state index is 0.0798. The van der Waals surface area contributed by atoms with Crippen molar-refractivity contribution in [1.29, 1.82) is 0 Å². The van der Waals surface area contributed by atoms with Crippen LogP contribution in [-0.2, 0) is 9.47 Å². The molecule has 2 aromatic rings. The van der Waals surface area contributed by atoms with Gasteiger partial charge in [-0.1, -0.05) is 60.7 Å². The van der Waals surface area contributed by atoms with Crippen molar-refractivity contribution in [3.8, 4) is 0 Å². The minimum Gasteiger partial charge on any atom is -0.441 e. The van der Waals surface area contributed by atoms with Gasteiger partial charge in [0.25, 0.3) is 0 Å². The molecular weight excluding hydrogens is 290 g/mol. The first kappa shape index (κ1) is 14.3. The van der Waals surface area contributed by atoms with Gasteiger partial charge in [0.2, 0.25) is 0 Å². The SMILES string of the molecule is CC1(C)OC(=O)N([C@@H]2O[C@H]2c2ccccc2)[C@H]1c1ccccc1. The Kier molecular flexibility index (Phi) is 3.16. The predicted molar refractivity (Wildman–Crippen MR) is 85.6 cm³/mol. The lowest BCUT2D eigenvalue weighted by molar-refractivity contribution is 0.0668. The van der Waals surface area contributed by atoms with Gasteiger partial charge in [-0.15, -0.1) is 0 Å². The zero-order valence-corrected chi connectivity index (χ0v) is 13.2. The van der Waals surface area contributed by atoms with Gasteiger partial charge in [0.1, 0.15) is 17.7 Å². The maximum atomic E-state index is 12.5. The lowest BCUT2D eigenvalue weighted by atomic mass is 9.91. The molecule has 2 heterocycles. The number of cyclic esters (lactones) is 1. The Bertz CT molecular complexity index is 714. The fourth-order valence-corrected chi connectivity index (χ4v) is 3.42. The van der Waals surface area contributed by atoms with E-state index in [2.05, 4.69) is 0 Å². The monoisotopic (exact) mass is 309 g/mol. The average Bonchev–Trinajstić information content (AvgIpc) is 3.29. The molecule has 4 nitrogen and oxygen atoms in total. The Morgan fingerprint density at radius 2 is 1.48 bits per heavy atom. The highest BCUT2D eigenvalue weighted by atomic mass is 16.6. The van der Waals surface area contributed by atoms with E-state index in [0.717, 1.165) is 11.1 Å². The molecule has 118 valence electrons. The molecule has 0 aliphatic carbocycles. The summed E-state index contributed by atoms with van der Waals surface area (Å²) in [6.07, 6.45) is -0.659. The van der Waals surface area contributed by atoms with Gasteiger partial charge in [-0.05, 0) is 25.0 Å². The van der Waals surface area contributed by atoms with E-state index in [1.807, 2.05) is 74.5 Å². The first-order chi connectivity index (χ1) is 11.1. The summed E-state index contributed by atoms with van der Waals surface area (Å²) in [4.78, 5) is 14.2. The summed E-state index contributed by atoms with van der Waals surface area (Å²) in [5.41, 5.74) is 1.55. The topological polar surface area (TPSA) is 42.1 Å². The van der Waals surface area contributed by atoms with Crippen molar-refractivity contribution in [2.45, 2.75) is 37.8 Å². The van der Waals surface area contributed by atoms with Crippen molar-refractivity contribution in [3.05, 3.63) is 71.8 Å². The number of rotatable bonds is 3. The van der Waals surface area contributed by atoms with E-state index in [4.69, 9.17) is 9.47 Å². The van der Waals surface area contributed by atoms with Gasteiger partial charge >= 0.3 is 6.09 Å². The molecule has 0 radical (unpaired) electrons. The van der Waals surface area contributed by atoms with Crippen molar-refractivity contribution in [3.63, 3.8) is 0 Å². The van der Waals surface area contributed by atoms with Crippen molar-refractivity contribution >= 4 is 6.09 Å². The lowest BCUT2D eigenvalue weighted by Crippen LogP contribution is -2.35. The van der Waals surface area contributed by atoms with Crippen LogP contribution >= 0.6 is 0 Å². The highest BCUT2D eigenvalue weighted by molar-refractivity contribution is 5.73. The van der Waals surface area contributed by atoms with Crippen molar-refractivity contribution in [2.24, 2.45) is 0 Å². The summed E-state index contributed by atoms with van der Waals surface area (Å²) in [6.45, 7) is 3.89. The van der Waals surface area contributed by atoms with Crippen LogP contribution in [0.1, 0.15) is 37.1 Å². The second kappa shape index (κ2) is 5.10. The highest BCUT2D eigenvalue weighted by Gasteiger charge is 2.58. The molecule has 3 atom stereocenters. The zero-order chi connectivity index (χ0) is 16.0. The third kappa shape index (κ3) is 2.39. The molecule has 0 aromatic heterocycles. The Balaban J connectivity index is 1.66. The summed E-state index contributed by atoms with van der Waals surface area (Å²) in [5.74, 6) is 0. The number of hydrogen-bond acceptors (Lipinski definition) is 3. The quantitative estimate of drug-likeness (QED) is 0.803. The number of carbonyl (C=O) groups excluding carboxylic acids is 1. The van der Waals surface area contributed by atoms with Crippen molar-refractivity contribution in [1.82, 2.24) is 4.90 Å². The van der Waals surface area contributed by atoms with Crippen LogP contribution in [0, 0.1) is 0 Å². The fraction of sp³-hybridized carbons (Fsp3) is 0.316. The average molecular weight is 309 g/mol. The molecule has 0 N–H and O–H groups in total. The molecule has 2 saturated heterocycles. The van der Waals surface area contributed by atoms with E-state index in [-0.39, 0.29) is 24.5 Å². The van der Waals surface area contributed by atoms with Crippen LogP contribution in [0.25, 0.3) is 0 Å². The number of carbonyl (C=O) groups is 1. The summed E-state index contributed by atoms with van der Waals surface area (Å²) in [5, 5.41) is 0. The number of amides is 1. The third-order valence-corrected chi connectivity index (χ3v) is 4.48. The van der Waals surface area contributed by atoms with Crippen molar-refractivity contribution in [2.75, 3.05) is 0 Å². The second-order valence-electron chi connectivity index (χ2n) is 6.55. The van der Waals surface area contributed by atoms with Crippen LogP contribution in [0.2, 0.25) is 0 Å². The molecule has 4 rings (SSSR count). The Labute approximate surface area is 135 Å². The van der Waals surface area contributed by atoms with Gasteiger partial charge in [-0.25, -0.2) is 4.79 Å². The number of epoxide rings is 1. The fourth-order valence-electron chi connectivity index (χ4n) is 3.42. The van der Waals surface area contributed by atoms with E-state index in [9.17, 15) is 4.79 Å². The first-order valence-electron chi connectivity index (χ1n) is 7.84. The normalized spacial score (nSPS) is 28.5. The smallest absolute Gasteiger partial charge is 0.413 e. The van der Waals surface area contributed by atoms with E-state index >= 15 is 0 Å². The van der Waals surface area contributed by atoms with Gasteiger partial charge in [-0.2, -0.15) is 0 Å². The number of benzene rings is 2. The standard InChI is InChI=1S/C19H19NO3/c1-19(2)16(14-11-7-4-8-12-14)20(18(21)23-19)17-15(22-17)13-9-5-3-6-10-13/h3-12,15-17H,1-2H3/t15-,16-,17+/m0/s1. The molecule has 0 saturated carbocycles. The highest BCUT2D eigenvalue weighted by Crippen LogP contribution is 2.50. The van der Waals surface area contributed by atoms with E-state index in [1.165, 1.54) is 0 Å². The maximum absolute atomic E-state index is 12.5. The summed E-state index contributed by atoms with van der Waals surface area (Å²) in [6, 6.07) is 19.8. The summed E-state index contributed by atoms with van der Waals surface area (Å²) >= 11 is 0. The molecule has 2 fully saturated rings. The van der Waals surface area contributed by atoms with Crippen LogP contribution in [0.3, 0.4) is 0 Å². The van der Waals surface area contributed by atoms with Crippen LogP contribution in [0.15, 0.2) is 60.7 Å². The maximum Gasteiger partial charge on any atom is 0.413 e. The van der Waals surface area contributed by atoms with Gasteiger partial charge in [-0.3, -0.25) is 4.90 Å². The predicted octanol–water partition coefficient (Wildman–Crippen LogP) is 4.06. The van der Waals surface area contributed by atoms with Crippen LogP contribution in [0.5, 0.6) is 0 Å². The van der Waals surface area contributed by atoms with E-state index < -0.39 is 5.60 Å². The largest absolute Gasteiger partial charge is 0.441 e. The molecular formula is C19H19NO3. The third-order valence-electron chi connectivity index (χ3n) is 4.48. The number of hydrogen-bond donors (Lipinski definition) is 0.